The molecule has 5 rings (SSSR count). The van der Waals surface area contributed by atoms with Crippen molar-refractivity contribution >= 4 is 28.6 Å². The summed E-state index contributed by atoms with van der Waals surface area (Å²) in [6.07, 6.45) is -7.73. The van der Waals surface area contributed by atoms with E-state index < -0.39 is 102 Å². The molecule has 0 spiro atoms. The first-order valence-corrected chi connectivity index (χ1v) is 21.9. The Balaban J connectivity index is 1.55. The van der Waals surface area contributed by atoms with Gasteiger partial charge >= 0.3 is 5.97 Å². The SMILES string of the molecule is CC[C@@H](O)[C@@](C)(O)[C@@H]1OC(=O)[C@H](C)[C@@H](O[C@H]2CC(C)(OC)[C@@H](O)C(C)O2)[C@H](C)[C@@H](O[C@@H]2OC(C)CC(N(C)Cc3ccc(I)cc3)C2O)[C@]2(C)CC(C)C(O2)[C@@H]1C. The van der Waals surface area contributed by atoms with Gasteiger partial charge in [-0.15, -0.1) is 0 Å². The van der Waals surface area contributed by atoms with Crippen molar-refractivity contribution in [2.75, 3.05) is 14.2 Å². The van der Waals surface area contributed by atoms with Crippen LogP contribution in [-0.2, 0) is 44.5 Å². The van der Waals surface area contributed by atoms with E-state index in [0.29, 0.717) is 19.4 Å². The Kier molecular flexibility index (Phi) is 15.3. The molecule has 4 aliphatic rings. The van der Waals surface area contributed by atoms with Gasteiger partial charge in [-0.2, -0.15) is 0 Å². The molecular formula is C43H70INO12. The van der Waals surface area contributed by atoms with E-state index >= 15 is 0 Å². The maximum atomic E-state index is 14.4. The molecule has 0 amide bonds. The van der Waals surface area contributed by atoms with Crippen molar-refractivity contribution in [3.05, 3.63) is 33.4 Å². The molecule has 1 aromatic rings. The molecular weight excluding hydrogens is 849 g/mol. The Labute approximate surface area is 353 Å². The van der Waals surface area contributed by atoms with Crippen molar-refractivity contribution in [3.63, 3.8) is 0 Å². The second-order valence-electron chi connectivity index (χ2n) is 18.3. The van der Waals surface area contributed by atoms with E-state index in [1.54, 1.807) is 27.7 Å². The minimum Gasteiger partial charge on any atom is -0.459 e. The summed E-state index contributed by atoms with van der Waals surface area (Å²) in [5.41, 5.74) is -2.66. The van der Waals surface area contributed by atoms with Crippen molar-refractivity contribution in [1.82, 2.24) is 4.90 Å². The minimum atomic E-state index is -1.80. The summed E-state index contributed by atoms with van der Waals surface area (Å²) < 4.78 is 46.9. The van der Waals surface area contributed by atoms with E-state index in [1.165, 1.54) is 14.0 Å². The number of fused-ring (bicyclic) bond motifs is 2. The van der Waals surface area contributed by atoms with E-state index in [1.807, 2.05) is 34.7 Å². The summed E-state index contributed by atoms with van der Waals surface area (Å²) in [5.74, 6) is -2.76. The molecule has 4 saturated heterocycles. The second-order valence-corrected chi connectivity index (χ2v) is 19.6. The van der Waals surface area contributed by atoms with E-state index in [9.17, 15) is 25.2 Å². The van der Waals surface area contributed by atoms with Gasteiger partial charge in [0, 0.05) is 41.5 Å². The number of benzene rings is 1. The Morgan fingerprint density at radius 1 is 1.02 bits per heavy atom. The van der Waals surface area contributed by atoms with Gasteiger partial charge < -0.3 is 53.6 Å². The highest BCUT2D eigenvalue weighted by Gasteiger charge is 2.59. The fourth-order valence-corrected chi connectivity index (χ4v) is 10.5. The number of halogens is 1. The average Bonchev–Trinajstić information content (AvgIpc) is 3.48. The van der Waals surface area contributed by atoms with Crippen LogP contribution in [0.1, 0.15) is 100 Å². The zero-order valence-electron chi connectivity index (χ0n) is 36.0. The quantitative estimate of drug-likeness (QED) is 0.177. The molecule has 0 saturated carbocycles. The molecule has 4 N–H and O–H groups in total. The topological polar surface area (TPSA) is 166 Å². The molecule has 7 unspecified atom stereocenters. The number of hydrogen-bond donors (Lipinski definition) is 4. The normalized spacial score (nSPS) is 44.9. The molecule has 2 bridgehead atoms. The zero-order valence-corrected chi connectivity index (χ0v) is 38.1. The molecule has 4 heterocycles. The van der Waals surface area contributed by atoms with Crippen LogP contribution in [0.2, 0.25) is 0 Å². The van der Waals surface area contributed by atoms with Crippen molar-refractivity contribution in [2.24, 2.45) is 23.7 Å². The lowest BCUT2D eigenvalue weighted by molar-refractivity contribution is -0.318. The van der Waals surface area contributed by atoms with Crippen molar-refractivity contribution in [3.8, 4) is 0 Å². The van der Waals surface area contributed by atoms with Gasteiger partial charge in [0.25, 0.3) is 0 Å². The molecule has 4 fully saturated rings. The van der Waals surface area contributed by atoms with Gasteiger partial charge in [-0.25, -0.2) is 0 Å². The molecule has 4 aliphatic heterocycles. The highest BCUT2D eigenvalue weighted by atomic mass is 127. The predicted octanol–water partition coefficient (Wildman–Crippen LogP) is 4.80. The van der Waals surface area contributed by atoms with Crippen LogP contribution < -0.4 is 0 Å². The Morgan fingerprint density at radius 3 is 2.28 bits per heavy atom. The van der Waals surface area contributed by atoms with Crippen LogP contribution in [0.5, 0.6) is 0 Å². The average molecular weight is 920 g/mol. The molecule has 0 aliphatic carbocycles. The molecule has 13 nitrogen and oxygen atoms in total. The number of hydrogen-bond acceptors (Lipinski definition) is 13. The first kappa shape index (κ1) is 47.0. The van der Waals surface area contributed by atoms with Gasteiger partial charge in [0.2, 0.25) is 0 Å². The van der Waals surface area contributed by atoms with Gasteiger partial charge in [-0.1, -0.05) is 39.8 Å². The molecule has 326 valence electrons. The molecule has 19 atom stereocenters. The maximum absolute atomic E-state index is 14.4. The van der Waals surface area contributed by atoms with E-state index in [4.69, 9.17) is 33.2 Å². The summed E-state index contributed by atoms with van der Waals surface area (Å²) in [7, 11) is 3.53. The number of carbonyl (C=O) groups excluding carboxylic acids is 1. The lowest BCUT2D eigenvalue weighted by atomic mass is 9.76. The molecule has 57 heavy (non-hydrogen) atoms. The third-order valence-corrected chi connectivity index (χ3v) is 14.3. The Hall–Kier alpha value is -1.02. The smallest absolute Gasteiger partial charge is 0.311 e. The van der Waals surface area contributed by atoms with Crippen LogP contribution in [0.25, 0.3) is 0 Å². The molecule has 0 aromatic heterocycles. The first-order chi connectivity index (χ1) is 26.6. The summed E-state index contributed by atoms with van der Waals surface area (Å²) in [4.78, 5) is 16.6. The number of methoxy groups -OCH3 is 1. The van der Waals surface area contributed by atoms with Crippen LogP contribution >= 0.6 is 22.6 Å². The Bertz CT molecular complexity index is 1490. The van der Waals surface area contributed by atoms with Crippen molar-refractivity contribution in [1.29, 1.82) is 0 Å². The number of ether oxygens (including phenoxy) is 7. The summed E-state index contributed by atoms with van der Waals surface area (Å²) >= 11 is 2.29. The number of rotatable bonds is 11. The third-order valence-electron chi connectivity index (χ3n) is 13.6. The van der Waals surface area contributed by atoms with E-state index in [0.717, 1.165) is 9.13 Å². The van der Waals surface area contributed by atoms with Gasteiger partial charge in [0.05, 0.1) is 53.7 Å². The van der Waals surface area contributed by atoms with Gasteiger partial charge in [-0.05, 0) is 114 Å². The summed E-state index contributed by atoms with van der Waals surface area (Å²) in [5, 5.41) is 46.0. The van der Waals surface area contributed by atoms with Crippen LogP contribution in [0.4, 0.5) is 0 Å². The zero-order chi connectivity index (χ0) is 42.4. The number of aliphatic hydroxyl groups is 4. The van der Waals surface area contributed by atoms with Crippen LogP contribution in [0.15, 0.2) is 24.3 Å². The maximum Gasteiger partial charge on any atom is 0.311 e. The first-order valence-electron chi connectivity index (χ1n) is 20.8. The summed E-state index contributed by atoms with van der Waals surface area (Å²) in [6, 6.07) is 8.04. The van der Waals surface area contributed by atoms with E-state index in [-0.39, 0.29) is 30.9 Å². The highest BCUT2D eigenvalue weighted by molar-refractivity contribution is 14.1. The van der Waals surface area contributed by atoms with Gasteiger partial charge in [0.15, 0.2) is 12.6 Å². The van der Waals surface area contributed by atoms with Crippen LogP contribution in [0.3, 0.4) is 0 Å². The molecule has 0 radical (unpaired) electrons. The van der Waals surface area contributed by atoms with Gasteiger partial charge in [-0.3, -0.25) is 9.69 Å². The summed E-state index contributed by atoms with van der Waals surface area (Å²) in [6.45, 7) is 19.0. The number of cyclic esters (lactones) is 1. The number of aliphatic hydroxyl groups excluding tert-OH is 3. The number of carbonyl (C=O) groups is 1. The highest BCUT2D eigenvalue weighted by Crippen LogP contribution is 2.48. The minimum absolute atomic E-state index is 0.0781. The van der Waals surface area contributed by atoms with Gasteiger partial charge in [0.1, 0.15) is 23.9 Å². The van der Waals surface area contributed by atoms with Crippen LogP contribution in [-0.4, -0.2) is 136 Å². The number of esters is 1. The predicted molar refractivity (Wildman–Crippen MR) is 221 cm³/mol. The van der Waals surface area contributed by atoms with Crippen LogP contribution in [0, 0.1) is 27.2 Å². The fourth-order valence-electron chi connectivity index (χ4n) is 10.1. The largest absolute Gasteiger partial charge is 0.459 e. The van der Waals surface area contributed by atoms with Crippen molar-refractivity contribution < 1.29 is 58.4 Å². The Morgan fingerprint density at radius 2 is 1.67 bits per heavy atom. The number of likely N-dealkylation sites (N-methyl/N-ethyl adjacent to an activating group) is 1. The standard InChI is InChI=1S/C43H70INO12/c1-13-31(46)43(10,50)38-24(4)34-22(2)19-42(9,57-34)37(56-40-33(47)30(18-23(3)52-40)45(11)21-28-14-16-29(44)17-15-28)25(5)35(26(6)39(49)55-38)54-32-20-41(8,51-12)36(48)27(7)53-32/h14-17,22-27,30-38,40,46-48,50H,13,18-21H2,1-12H3/t22?,23?,24-,25-,26+,27?,30?,31+,32-,33?,34?,35-,36-,37+,38+,40-,41?,42-,43+/m0/s1. The van der Waals surface area contributed by atoms with Crippen molar-refractivity contribution in [2.45, 2.75) is 192 Å². The second kappa shape index (κ2) is 18.5. The number of nitrogens with zero attached hydrogens (tertiary/aromatic N) is 1. The fraction of sp³-hybridized carbons (Fsp3) is 0.837. The molecule has 14 heteroatoms. The lowest BCUT2D eigenvalue weighted by Crippen LogP contribution is -2.60. The van der Waals surface area contributed by atoms with E-state index in [2.05, 4.69) is 58.7 Å². The third kappa shape index (κ3) is 9.88. The molecule has 1 aromatic carbocycles. The monoisotopic (exact) mass is 919 g/mol. The lowest BCUT2D eigenvalue weighted by Gasteiger charge is -2.48.